The van der Waals surface area contributed by atoms with E-state index in [1.165, 1.54) is 12.1 Å². The number of anilines is 1. The summed E-state index contributed by atoms with van der Waals surface area (Å²) in [4.78, 5) is 23.1. The van der Waals surface area contributed by atoms with E-state index in [0.29, 0.717) is 11.3 Å². The normalized spacial score (nSPS) is 10.1. The molecule has 0 fully saturated rings. The molecule has 0 aliphatic heterocycles. The molecule has 21 heavy (non-hydrogen) atoms. The van der Waals surface area contributed by atoms with E-state index in [9.17, 15) is 9.59 Å². The Balaban J connectivity index is 2.16. The molecule has 0 bridgehead atoms. The molecular formula is C16H15NO3S. The highest BCUT2D eigenvalue weighted by atomic mass is 32.2. The standard InChI is InChI=1S/C16H15NO3S/c1-21-10-11-4-2-5-12(8-11)15(18)17-14-7-3-6-13(9-14)16(19)20/h2-9H,10H2,1H3,(H,17,18)(H,19,20). The molecule has 5 heteroatoms. The van der Waals surface area contributed by atoms with Crippen LogP contribution in [0.3, 0.4) is 0 Å². The lowest BCUT2D eigenvalue weighted by Gasteiger charge is -2.07. The van der Waals surface area contributed by atoms with Crippen molar-refractivity contribution < 1.29 is 14.7 Å². The van der Waals surface area contributed by atoms with Gasteiger partial charge in [0.1, 0.15) is 0 Å². The average Bonchev–Trinajstić information content (AvgIpc) is 2.48. The van der Waals surface area contributed by atoms with Crippen molar-refractivity contribution >= 4 is 29.3 Å². The zero-order valence-corrected chi connectivity index (χ0v) is 12.3. The molecule has 0 aliphatic carbocycles. The summed E-state index contributed by atoms with van der Waals surface area (Å²) in [6.07, 6.45) is 2.00. The minimum Gasteiger partial charge on any atom is -0.478 e. The predicted octanol–water partition coefficient (Wildman–Crippen LogP) is 3.50. The van der Waals surface area contributed by atoms with Crippen molar-refractivity contribution in [3.05, 3.63) is 65.2 Å². The topological polar surface area (TPSA) is 66.4 Å². The highest BCUT2D eigenvalue weighted by molar-refractivity contribution is 7.97. The Kier molecular flexibility index (Phi) is 5.00. The fourth-order valence-electron chi connectivity index (χ4n) is 1.90. The van der Waals surface area contributed by atoms with Crippen molar-refractivity contribution in [2.45, 2.75) is 5.75 Å². The molecule has 4 nitrogen and oxygen atoms in total. The molecule has 2 aromatic rings. The number of carbonyl (C=O) groups excluding carboxylic acids is 1. The second-order valence-corrected chi connectivity index (χ2v) is 5.34. The van der Waals surface area contributed by atoms with Crippen LogP contribution in [0.5, 0.6) is 0 Å². The summed E-state index contributed by atoms with van der Waals surface area (Å²) >= 11 is 1.69. The smallest absolute Gasteiger partial charge is 0.335 e. The minimum atomic E-state index is -1.02. The fraction of sp³-hybridized carbons (Fsp3) is 0.125. The molecule has 108 valence electrons. The van der Waals surface area contributed by atoms with E-state index < -0.39 is 5.97 Å². The lowest BCUT2D eigenvalue weighted by molar-refractivity contribution is 0.0696. The van der Waals surface area contributed by atoms with Gasteiger partial charge < -0.3 is 10.4 Å². The van der Waals surface area contributed by atoms with Crippen LogP contribution in [0.1, 0.15) is 26.3 Å². The third-order valence-electron chi connectivity index (χ3n) is 2.87. The number of carboxylic acids is 1. The molecule has 0 saturated heterocycles. The van der Waals surface area contributed by atoms with Gasteiger partial charge in [0.25, 0.3) is 5.91 Å². The Morgan fingerprint density at radius 2 is 1.81 bits per heavy atom. The summed E-state index contributed by atoms with van der Waals surface area (Å²) in [6, 6.07) is 13.6. The number of hydrogen-bond acceptors (Lipinski definition) is 3. The summed E-state index contributed by atoms with van der Waals surface area (Å²) in [6.45, 7) is 0. The molecule has 2 aromatic carbocycles. The SMILES string of the molecule is CSCc1cccc(C(=O)Nc2cccc(C(=O)O)c2)c1. The molecule has 2 N–H and O–H groups in total. The Morgan fingerprint density at radius 1 is 1.10 bits per heavy atom. The lowest BCUT2D eigenvalue weighted by atomic mass is 10.1. The molecule has 0 aromatic heterocycles. The average molecular weight is 301 g/mol. The van der Waals surface area contributed by atoms with Crippen LogP contribution in [-0.4, -0.2) is 23.2 Å². The molecule has 0 radical (unpaired) electrons. The van der Waals surface area contributed by atoms with Gasteiger partial charge in [-0.15, -0.1) is 0 Å². The third-order valence-corrected chi connectivity index (χ3v) is 3.49. The van der Waals surface area contributed by atoms with E-state index in [-0.39, 0.29) is 11.5 Å². The van der Waals surface area contributed by atoms with Crippen molar-refractivity contribution in [3.8, 4) is 0 Å². The van der Waals surface area contributed by atoms with E-state index in [0.717, 1.165) is 11.3 Å². The van der Waals surface area contributed by atoms with Gasteiger partial charge >= 0.3 is 5.97 Å². The van der Waals surface area contributed by atoms with Crippen LogP contribution >= 0.6 is 11.8 Å². The van der Waals surface area contributed by atoms with Crippen LogP contribution in [0.2, 0.25) is 0 Å². The first-order valence-corrected chi connectivity index (χ1v) is 7.72. The minimum absolute atomic E-state index is 0.143. The molecule has 0 spiro atoms. The second kappa shape index (κ2) is 6.95. The van der Waals surface area contributed by atoms with Gasteiger partial charge in [0.15, 0.2) is 0 Å². The third kappa shape index (κ3) is 4.10. The van der Waals surface area contributed by atoms with Crippen molar-refractivity contribution in [2.24, 2.45) is 0 Å². The largest absolute Gasteiger partial charge is 0.478 e. The zero-order valence-electron chi connectivity index (χ0n) is 11.5. The van der Waals surface area contributed by atoms with Crippen LogP contribution in [-0.2, 0) is 5.75 Å². The monoisotopic (exact) mass is 301 g/mol. The summed E-state index contributed by atoms with van der Waals surface area (Å²) in [5.74, 6) is -0.427. The van der Waals surface area contributed by atoms with Gasteiger partial charge in [-0.3, -0.25) is 4.79 Å². The van der Waals surface area contributed by atoms with Crippen molar-refractivity contribution in [3.63, 3.8) is 0 Å². The molecular weight excluding hydrogens is 286 g/mol. The van der Waals surface area contributed by atoms with Crippen molar-refractivity contribution in [1.29, 1.82) is 0 Å². The molecule has 2 rings (SSSR count). The zero-order chi connectivity index (χ0) is 15.2. The Bertz CT molecular complexity index is 670. The number of carbonyl (C=O) groups is 2. The summed E-state index contributed by atoms with van der Waals surface area (Å²) in [5, 5.41) is 11.7. The molecule has 1 amide bonds. The molecule has 0 heterocycles. The number of nitrogens with one attached hydrogen (secondary N) is 1. The number of aromatic carboxylic acids is 1. The van der Waals surface area contributed by atoms with E-state index in [2.05, 4.69) is 5.32 Å². The van der Waals surface area contributed by atoms with Crippen LogP contribution in [0.25, 0.3) is 0 Å². The molecule has 0 saturated carbocycles. The summed E-state index contributed by atoms with van der Waals surface area (Å²) in [7, 11) is 0. The van der Waals surface area contributed by atoms with E-state index in [1.807, 2.05) is 24.5 Å². The maximum atomic E-state index is 12.2. The van der Waals surface area contributed by atoms with Crippen LogP contribution < -0.4 is 5.32 Å². The number of carboxylic acid groups (broad SMARTS) is 1. The van der Waals surface area contributed by atoms with Gasteiger partial charge in [-0.05, 0) is 42.2 Å². The fourth-order valence-corrected chi connectivity index (χ4v) is 2.42. The van der Waals surface area contributed by atoms with E-state index in [1.54, 1.807) is 30.0 Å². The Hall–Kier alpha value is -2.27. The van der Waals surface area contributed by atoms with Crippen LogP contribution in [0.15, 0.2) is 48.5 Å². The van der Waals surface area contributed by atoms with Gasteiger partial charge in [-0.2, -0.15) is 11.8 Å². The second-order valence-electron chi connectivity index (χ2n) is 4.47. The van der Waals surface area contributed by atoms with Crippen molar-refractivity contribution in [1.82, 2.24) is 0 Å². The highest BCUT2D eigenvalue weighted by Crippen LogP contribution is 2.15. The quantitative estimate of drug-likeness (QED) is 0.887. The number of hydrogen-bond donors (Lipinski definition) is 2. The maximum absolute atomic E-state index is 12.2. The van der Waals surface area contributed by atoms with E-state index in [4.69, 9.17) is 5.11 Å². The first-order chi connectivity index (χ1) is 10.1. The number of benzene rings is 2. The maximum Gasteiger partial charge on any atom is 0.335 e. The predicted molar refractivity (Wildman–Crippen MR) is 85.0 cm³/mol. The first-order valence-electron chi connectivity index (χ1n) is 6.33. The van der Waals surface area contributed by atoms with Crippen molar-refractivity contribution in [2.75, 3.05) is 11.6 Å². The Labute approximate surface area is 127 Å². The van der Waals surface area contributed by atoms with Crippen LogP contribution in [0.4, 0.5) is 5.69 Å². The van der Waals surface area contributed by atoms with Gasteiger partial charge in [-0.1, -0.05) is 18.2 Å². The number of rotatable bonds is 5. The van der Waals surface area contributed by atoms with Gasteiger partial charge in [0, 0.05) is 17.0 Å². The molecule has 0 aliphatic rings. The lowest BCUT2D eigenvalue weighted by Crippen LogP contribution is -2.12. The first kappa shape index (κ1) is 15.1. The number of amides is 1. The van der Waals surface area contributed by atoms with Gasteiger partial charge in [0.05, 0.1) is 5.56 Å². The Morgan fingerprint density at radius 3 is 2.52 bits per heavy atom. The van der Waals surface area contributed by atoms with E-state index >= 15 is 0 Å². The molecule has 0 atom stereocenters. The number of thioether (sulfide) groups is 1. The summed E-state index contributed by atoms with van der Waals surface area (Å²) in [5.41, 5.74) is 2.25. The summed E-state index contributed by atoms with van der Waals surface area (Å²) < 4.78 is 0. The van der Waals surface area contributed by atoms with Crippen LogP contribution in [0, 0.1) is 0 Å². The van der Waals surface area contributed by atoms with Gasteiger partial charge in [0.2, 0.25) is 0 Å². The highest BCUT2D eigenvalue weighted by Gasteiger charge is 2.08. The molecule has 0 unspecified atom stereocenters. The van der Waals surface area contributed by atoms with Gasteiger partial charge in [-0.25, -0.2) is 4.79 Å².